The highest BCUT2D eigenvalue weighted by Gasteiger charge is 2.25. The van der Waals surface area contributed by atoms with Crippen molar-refractivity contribution in [3.05, 3.63) is 76.2 Å². The Morgan fingerprint density at radius 2 is 2.08 bits per heavy atom. The van der Waals surface area contributed by atoms with Gasteiger partial charge in [-0.05, 0) is 5.56 Å². The predicted molar refractivity (Wildman–Crippen MR) is 98.2 cm³/mol. The van der Waals surface area contributed by atoms with Crippen molar-refractivity contribution in [2.24, 2.45) is 7.05 Å². The fraction of sp³-hybridized carbons (Fsp3) is 0.222. The highest BCUT2D eigenvalue weighted by molar-refractivity contribution is 7.99. The molecule has 7 nitrogen and oxygen atoms in total. The Balaban J connectivity index is 1.70. The maximum Gasteiger partial charge on any atom is 0.267 e. The molecule has 0 unspecified atom stereocenters. The fourth-order valence-electron chi connectivity index (χ4n) is 2.98. The van der Waals surface area contributed by atoms with Gasteiger partial charge in [-0.1, -0.05) is 42.1 Å². The summed E-state index contributed by atoms with van der Waals surface area (Å²) >= 11 is 1.52. The Bertz CT molecular complexity index is 1010. The molecule has 4 rings (SSSR count). The molecule has 1 amide bonds. The van der Waals surface area contributed by atoms with E-state index >= 15 is 0 Å². The molecule has 0 bridgehead atoms. The molecule has 2 aromatic heterocycles. The van der Waals surface area contributed by atoms with E-state index < -0.39 is 11.9 Å². The average molecular weight is 367 g/mol. The van der Waals surface area contributed by atoms with Crippen LogP contribution in [0.25, 0.3) is 0 Å². The molecule has 0 saturated carbocycles. The van der Waals surface area contributed by atoms with Gasteiger partial charge in [-0.25, -0.2) is 9.97 Å². The quantitative estimate of drug-likeness (QED) is 0.709. The number of hydrogen-bond donors (Lipinski definition) is 1. The minimum absolute atomic E-state index is 0.0476. The van der Waals surface area contributed by atoms with Gasteiger partial charge in [0.25, 0.3) is 11.5 Å². The summed E-state index contributed by atoms with van der Waals surface area (Å²) in [6, 6.07) is 9.10. The predicted octanol–water partition coefficient (Wildman–Crippen LogP) is 1.60. The number of nitrogens with one attached hydrogen (secondary N) is 1. The van der Waals surface area contributed by atoms with Crippen LogP contribution in [0, 0.1) is 0 Å². The van der Waals surface area contributed by atoms with E-state index in [1.54, 1.807) is 10.8 Å². The van der Waals surface area contributed by atoms with Gasteiger partial charge >= 0.3 is 0 Å². The summed E-state index contributed by atoms with van der Waals surface area (Å²) in [4.78, 5) is 34.1. The summed E-state index contributed by atoms with van der Waals surface area (Å²) in [7, 11) is 1.87. The van der Waals surface area contributed by atoms with Crippen molar-refractivity contribution in [3.8, 4) is 0 Å². The topological polar surface area (TPSA) is 81.8 Å². The maximum atomic E-state index is 12.8. The summed E-state index contributed by atoms with van der Waals surface area (Å²) in [5.41, 5.74) is 0.635. The second-order valence-corrected chi connectivity index (χ2v) is 7.04. The highest BCUT2D eigenvalue weighted by atomic mass is 32.2. The maximum absolute atomic E-state index is 12.8. The molecule has 0 aliphatic carbocycles. The Hall–Kier alpha value is -2.87. The second kappa shape index (κ2) is 6.80. The molecular formula is C18H17N5O2S. The SMILES string of the molecule is Cn1ccnc1[C@H](NC(=O)c1cnc2n(c1=O)CCS2)c1ccccc1. The Morgan fingerprint density at radius 1 is 1.27 bits per heavy atom. The van der Waals surface area contributed by atoms with Crippen LogP contribution in [-0.2, 0) is 13.6 Å². The van der Waals surface area contributed by atoms with Crippen molar-refractivity contribution in [3.63, 3.8) is 0 Å². The van der Waals surface area contributed by atoms with Gasteiger partial charge in [0.15, 0.2) is 5.16 Å². The van der Waals surface area contributed by atoms with Crippen LogP contribution in [0.5, 0.6) is 0 Å². The molecule has 3 aromatic rings. The summed E-state index contributed by atoms with van der Waals surface area (Å²) in [5, 5.41) is 3.60. The first kappa shape index (κ1) is 16.6. The third-order valence-corrected chi connectivity index (χ3v) is 5.30. The third kappa shape index (κ3) is 2.92. The second-order valence-electron chi connectivity index (χ2n) is 5.97. The van der Waals surface area contributed by atoms with Crippen LogP contribution >= 0.6 is 11.8 Å². The summed E-state index contributed by atoms with van der Waals surface area (Å²) < 4.78 is 3.40. The number of thioether (sulfide) groups is 1. The molecule has 8 heteroatoms. The molecule has 0 saturated heterocycles. The lowest BCUT2D eigenvalue weighted by atomic mass is 10.1. The van der Waals surface area contributed by atoms with Crippen molar-refractivity contribution in [1.29, 1.82) is 0 Å². The van der Waals surface area contributed by atoms with Crippen molar-refractivity contribution >= 4 is 17.7 Å². The van der Waals surface area contributed by atoms with E-state index in [1.165, 1.54) is 18.0 Å². The normalized spacial score (nSPS) is 14.0. The average Bonchev–Trinajstić information content (AvgIpc) is 3.30. The number of imidazole rings is 1. The standard InChI is InChI=1S/C18H17N5O2S/c1-22-8-7-19-15(22)14(12-5-3-2-4-6-12)21-16(24)13-11-20-18-23(17(13)25)9-10-26-18/h2-8,11,14H,9-10H2,1H3,(H,21,24)/t14-/m1/s1. The number of benzene rings is 1. The van der Waals surface area contributed by atoms with Gasteiger partial charge in [0, 0.05) is 37.9 Å². The summed E-state index contributed by atoms with van der Waals surface area (Å²) in [6.07, 6.45) is 4.86. The first-order chi connectivity index (χ1) is 12.6. The molecule has 1 aliphatic heterocycles. The molecule has 132 valence electrons. The molecule has 1 atom stereocenters. The largest absolute Gasteiger partial charge is 0.338 e. The zero-order valence-electron chi connectivity index (χ0n) is 14.1. The molecule has 1 aliphatic rings. The lowest BCUT2D eigenvalue weighted by Crippen LogP contribution is -2.36. The first-order valence-corrected chi connectivity index (χ1v) is 9.19. The first-order valence-electron chi connectivity index (χ1n) is 8.21. The van der Waals surface area contributed by atoms with Crippen LogP contribution in [0.15, 0.2) is 58.9 Å². The van der Waals surface area contributed by atoms with Gasteiger partial charge in [-0.15, -0.1) is 0 Å². The Labute approximate surface area is 154 Å². The van der Waals surface area contributed by atoms with Crippen LogP contribution in [0.3, 0.4) is 0 Å². The van der Waals surface area contributed by atoms with Gasteiger partial charge in [-0.3, -0.25) is 14.2 Å². The number of nitrogens with zero attached hydrogens (tertiary/aromatic N) is 4. The van der Waals surface area contributed by atoms with Crippen LogP contribution in [0.4, 0.5) is 0 Å². The molecule has 0 fully saturated rings. The highest BCUT2D eigenvalue weighted by Crippen LogP contribution is 2.22. The number of carbonyl (C=O) groups excluding carboxylic acids is 1. The molecule has 1 aromatic carbocycles. The molecule has 1 N–H and O–H groups in total. The van der Waals surface area contributed by atoms with E-state index in [0.29, 0.717) is 17.5 Å². The van der Waals surface area contributed by atoms with E-state index in [0.717, 1.165) is 11.3 Å². The molecule has 3 heterocycles. The van der Waals surface area contributed by atoms with Gasteiger partial charge in [0.05, 0.1) is 0 Å². The van der Waals surface area contributed by atoms with Crippen molar-refractivity contribution < 1.29 is 4.79 Å². The smallest absolute Gasteiger partial charge is 0.267 e. The van der Waals surface area contributed by atoms with Gasteiger partial charge in [0.2, 0.25) is 0 Å². The fourth-order valence-corrected chi connectivity index (χ4v) is 3.89. The monoisotopic (exact) mass is 367 g/mol. The van der Waals surface area contributed by atoms with E-state index in [-0.39, 0.29) is 11.1 Å². The molecular weight excluding hydrogens is 350 g/mol. The third-order valence-electron chi connectivity index (χ3n) is 4.33. The minimum atomic E-state index is -0.462. The molecule has 26 heavy (non-hydrogen) atoms. The Morgan fingerprint density at radius 3 is 2.81 bits per heavy atom. The van der Waals surface area contributed by atoms with Crippen molar-refractivity contribution in [2.75, 3.05) is 5.75 Å². The van der Waals surface area contributed by atoms with Gasteiger partial charge in [-0.2, -0.15) is 0 Å². The van der Waals surface area contributed by atoms with Crippen molar-refractivity contribution in [2.45, 2.75) is 17.7 Å². The van der Waals surface area contributed by atoms with Crippen molar-refractivity contribution in [1.82, 2.24) is 24.4 Å². The Kier molecular flexibility index (Phi) is 4.34. The molecule has 0 spiro atoms. The van der Waals surface area contributed by atoms with E-state index in [4.69, 9.17) is 0 Å². The van der Waals surface area contributed by atoms with E-state index in [2.05, 4.69) is 15.3 Å². The van der Waals surface area contributed by atoms with Gasteiger partial charge < -0.3 is 9.88 Å². The summed E-state index contributed by atoms with van der Waals surface area (Å²) in [6.45, 7) is 0.578. The van der Waals surface area contributed by atoms with Crippen LogP contribution in [0.1, 0.15) is 27.8 Å². The lowest BCUT2D eigenvalue weighted by molar-refractivity contribution is 0.0938. The van der Waals surface area contributed by atoms with Crippen LogP contribution in [0.2, 0.25) is 0 Å². The molecule has 0 radical (unpaired) electrons. The van der Waals surface area contributed by atoms with Crippen LogP contribution in [-0.4, -0.2) is 30.8 Å². The number of rotatable bonds is 4. The minimum Gasteiger partial charge on any atom is -0.338 e. The van der Waals surface area contributed by atoms with Gasteiger partial charge in [0.1, 0.15) is 17.4 Å². The number of aromatic nitrogens is 4. The number of aryl methyl sites for hydroxylation is 1. The number of fused-ring (bicyclic) bond motifs is 1. The number of carbonyl (C=O) groups is 1. The van der Waals surface area contributed by atoms with Crippen LogP contribution < -0.4 is 10.9 Å². The zero-order chi connectivity index (χ0) is 18.1. The lowest BCUT2D eigenvalue weighted by Gasteiger charge is -2.19. The number of amides is 1. The number of hydrogen-bond acceptors (Lipinski definition) is 5. The zero-order valence-corrected chi connectivity index (χ0v) is 14.9. The van der Waals surface area contributed by atoms with E-state index in [9.17, 15) is 9.59 Å². The summed E-state index contributed by atoms with van der Waals surface area (Å²) in [5.74, 6) is 1.04. The van der Waals surface area contributed by atoms with E-state index in [1.807, 2.05) is 48.1 Å².